The molecule has 1 aromatic carbocycles. The Bertz CT molecular complexity index is 83.0. The minimum Gasteiger partial charge on any atom is -0.0623 e. The van der Waals surface area contributed by atoms with Crippen LogP contribution in [0.5, 0.6) is 0 Å². The minimum absolute atomic E-state index is 0. The summed E-state index contributed by atoms with van der Waals surface area (Å²) in [4.78, 5) is 0. The van der Waals surface area contributed by atoms with Crippen LogP contribution in [0, 0.1) is 0 Å². The molecular formula is C6H10Cl2Se. The van der Waals surface area contributed by atoms with Gasteiger partial charge in [-0.05, 0) is 0 Å². The molecule has 54 valence electrons. The summed E-state index contributed by atoms with van der Waals surface area (Å²) in [7, 11) is 0. The van der Waals surface area contributed by atoms with Crippen LogP contribution in [0.25, 0.3) is 0 Å². The fourth-order valence-corrected chi connectivity index (χ4v) is 0.385. The van der Waals surface area contributed by atoms with Gasteiger partial charge in [0, 0.05) is 0 Å². The van der Waals surface area contributed by atoms with E-state index in [1.807, 2.05) is 36.4 Å². The van der Waals surface area contributed by atoms with Gasteiger partial charge in [-0.15, -0.1) is 24.8 Å². The average Bonchev–Trinajstić information content (AvgIpc) is 1.72. The fourth-order valence-electron chi connectivity index (χ4n) is 0.385. The third kappa shape index (κ3) is 8.32. The van der Waals surface area contributed by atoms with E-state index < -0.39 is 0 Å². The van der Waals surface area contributed by atoms with Crippen LogP contribution >= 0.6 is 24.8 Å². The van der Waals surface area contributed by atoms with Crippen molar-refractivity contribution in [2.75, 3.05) is 0 Å². The van der Waals surface area contributed by atoms with E-state index in [1.165, 1.54) is 0 Å². The molecule has 9 heavy (non-hydrogen) atoms. The van der Waals surface area contributed by atoms with Gasteiger partial charge in [0.15, 0.2) is 0 Å². The molecule has 0 atom stereocenters. The fraction of sp³-hybridized carbons (Fsp3) is 0. The molecule has 0 saturated carbocycles. The van der Waals surface area contributed by atoms with Crippen molar-refractivity contribution in [1.29, 1.82) is 0 Å². The van der Waals surface area contributed by atoms with Gasteiger partial charge in [0.2, 0.25) is 0 Å². The normalized spacial score (nSPS) is 5.33. The Morgan fingerprint density at radius 1 is 0.444 bits per heavy atom. The van der Waals surface area contributed by atoms with Gasteiger partial charge in [-0.3, -0.25) is 0 Å². The van der Waals surface area contributed by atoms with E-state index in [2.05, 4.69) is 0 Å². The van der Waals surface area contributed by atoms with Gasteiger partial charge in [-0.2, -0.15) is 0 Å². The predicted octanol–water partition coefficient (Wildman–Crippen LogP) is 1.61. The van der Waals surface area contributed by atoms with Crippen LogP contribution in [-0.2, 0) is 0 Å². The van der Waals surface area contributed by atoms with E-state index in [-0.39, 0.29) is 41.9 Å². The molecule has 0 N–H and O–H groups in total. The molecule has 0 aliphatic rings. The number of halogens is 2. The van der Waals surface area contributed by atoms with Gasteiger partial charge in [0.1, 0.15) is 0 Å². The van der Waals surface area contributed by atoms with Gasteiger partial charge >= 0.3 is 17.1 Å². The largest absolute Gasteiger partial charge is 0.0623 e. The third-order valence-corrected chi connectivity index (χ3v) is 0.667. The van der Waals surface area contributed by atoms with Crippen molar-refractivity contribution in [2.24, 2.45) is 0 Å². The van der Waals surface area contributed by atoms with Crippen LogP contribution in [0.4, 0.5) is 0 Å². The van der Waals surface area contributed by atoms with Crippen LogP contribution < -0.4 is 0 Å². The van der Waals surface area contributed by atoms with Gasteiger partial charge < -0.3 is 0 Å². The number of benzene rings is 1. The summed E-state index contributed by atoms with van der Waals surface area (Å²) in [6, 6.07) is 12.0. The third-order valence-electron chi connectivity index (χ3n) is 0.667. The van der Waals surface area contributed by atoms with Gasteiger partial charge in [0.25, 0.3) is 0 Å². The zero-order valence-electron chi connectivity index (χ0n) is 4.78. The molecule has 0 aliphatic carbocycles. The zero-order valence-corrected chi connectivity index (χ0v) is 8.51. The van der Waals surface area contributed by atoms with E-state index in [9.17, 15) is 0 Å². The standard InChI is InChI=1S/C6H6.2ClH.H2Se/c1-2-4-6-5-3-1;;;/h1-6H;2*1H;1H2. The van der Waals surface area contributed by atoms with E-state index in [4.69, 9.17) is 0 Å². The number of rotatable bonds is 0. The van der Waals surface area contributed by atoms with Gasteiger partial charge in [-0.25, -0.2) is 0 Å². The van der Waals surface area contributed by atoms with E-state index in [1.54, 1.807) is 0 Å². The van der Waals surface area contributed by atoms with Crippen molar-refractivity contribution < 1.29 is 0 Å². The Balaban J connectivity index is -0.000000120. The Hall–Kier alpha value is 0.319. The molecule has 0 heterocycles. The topological polar surface area (TPSA) is 0 Å². The smallest absolute Gasteiger partial charge is 0.0623 e. The van der Waals surface area contributed by atoms with Crippen molar-refractivity contribution >= 4 is 41.9 Å². The molecule has 0 fully saturated rings. The Kier molecular flexibility index (Phi) is 20.0. The average molecular weight is 232 g/mol. The van der Waals surface area contributed by atoms with E-state index in [0.29, 0.717) is 0 Å². The molecule has 0 nitrogen and oxygen atoms in total. The Labute approximate surface area is 78.3 Å². The summed E-state index contributed by atoms with van der Waals surface area (Å²) in [5, 5.41) is 0. The summed E-state index contributed by atoms with van der Waals surface area (Å²) >= 11 is 0. The molecular weight excluding hydrogens is 222 g/mol. The Morgan fingerprint density at radius 2 is 0.556 bits per heavy atom. The zero-order chi connectivity index (χ0) is 4.24. The van der Waals surface area contributed by atoms with Crippen molar-refractivity contribution in [3.63, 3.8) is 0 Å². The molecule has 3 heteroatoms. The summed E-state index contributed by atoms with van der Waals surface area (Å²) in [5.41, 5.74) is 0. The molecule has 0 aliphatic heterocycles. The molecule has 0 radical (unpaired) electrons. The van der Waals surface area contributed by atoms with E-state index >= 15 is 0 Å². The second-order valence-electron chi connectivity index (χ2n) is 1.15. The SMILES string of the molecule is Cl.Cl.[SeH2].c1ccccc1. The van der Waals surface area contributed by atoms with Crippen LogP contribution in [-0.4, -0.2) is 17.1 Å². The molecule has 0 bridgehead atoms. The Morgan fingerprint density at radius 3 is 0.667 bits per heavy atom. The molecule has 0 unspecified atom stereocenters. The van der Waals surface area contributed by atoms with Crippen LogP contribution in [0.15, 0.2) is 36.4 Å². The maximum Gasteiger partial charge on any atom is -0.0623 e. The summed E-state index contributed by atoms with van der Waals surface area (Å²) < 4.78 is 0. The first-order chi connectivity index (χ1) is 3.00. The van der Waals surface area contributed by atoms with Crippen molar-refractivity contribution in [1.82, 2.24) is 0 Å². The molecule has 0 spiro atoms. The monoisotopic (exact) mass is 232 g/mol. The molecule has 0 saturated heterocycles. The summed E-state index contributed by atoms with van der Waals surface area (Å²) in [6.07, 6.45) is 0. The second kappa shape index (κ2) is 11.2. The van der Waals surface area contributed by atoms with Gasteiger partial charge in [0.05, 0.1) is 0 Å². The second-order valence-corrected chi connectivity index (χ2v) is 1.15. The molecule has 1 rings (SSSR count). The van der Waals surface area contributed by atoms with Crippen LogP contribution in [0.2, 0.25) is 0 Å². The molecule has 0 amide bonds. The number of hydrogen-bond donors (Lipinski definition) is 0. The van der Waals surface area contributed by atoms with Crippen molar-refractivity contribution in [3.05, 3.63) is 36.4 Å². The number of hydrogen-bond acceptors (Lipinski definition) is 0. The quantitative estimate of drug-likeness (QED) is 0.596. The van der Waals surface area contributed by atoms with Crippen LogP contribution in [0.1, 0.15) is 0 Å². The predicted molar refractivity (Wildman–Crippen MR) is 49.5 cm³/mol. The first-order valence-electron chi connectivity index (χ1n) is 2.00. The first kappa shape index (κ1) is 16.2. The maximum absolute atomic E-state index is 2.00. The summed E-state index contributed by atoms with van der Waals surface area (Å²) in [6.45, 7) is 0. The minimum atomic E-state index is 0. The first-order valence-corrected chi connectivity index (χ1v) is 2.00. The maximum atomic E-state index is 2.00. The van der Waals surface area contributed by atoms with E-state index in [0.717, 1.165) is 0 Å². The molecule has 1 aromatic rings. The van der Waals surface area contributed by atoms with Crippen LogP contribution in [0.3, 0.4) is 0 Å². The van der Waals surface area contributed by atoms with Gasteiger partial charge in [-0.1, -0.05) is 36.4 Å². The van der Waals surface area contributed by atoms with Crippen molar-refractivity contribution in [2.45, 2.75) is 0 Å². The van der Waals surface area contributed by atoms with Crippen molar-refractivity contribution in [3.8, 4) is 0 Å². The molecule has 0 aromatic heterocycles. The summed E-state index contributed by atoms with van der Waals surface area (Å²) in [5.74, 6) is 0.